The zero-order chi connectivity index (χ0) is 11.0. The number of hydrogen-bond donors (Lipinski definition) is 1. The Morgan fingerprint density at radius 2 is 2.31 bits per heavy atom. The number of nitrogens with one attached hydrogen (secondary N) is 1. The van der Waals surface area contributed by atoms with Crippen LogP contribution >= 0.6 is 0 Å². The molecule has 0 bridgehead atoms. The Hall–Kier alpha value is -1.75. The van der Waals surface area contributed by atoms with Crippen molar-refractivity contribution in [3.05, 3.63) is 29.8 Å². The lowest BCUT2D eigenvalue weighted by molar-refractivity contribution is 0.604. The number of nitrogens with zero attached hydrogens (tertiary/aromatic N) is 4. The average Bonchev–Trinajstić information content (AvgIpc) is 2.69. The minimum atomic E-state index is 0.850. The Morgan fingerprint density at radius 1 is 1.38 bits per heavy atom. The zero-order valence-electron chi connectivity index (χ0n) is 9.14. The molecule has 2 aromatic rings. The van der Waals surface area contributed by atoms with Gasteiger partial charge in [-0.3, -0.25) is 14.6 Å². The average molecular weight is 215 g/mol. The molecule has 82 valence electrons. The number of aryl methyl sites for hydroxylation is 1. The second-order valence-electron chi connectivity index (χ2n) is 3.91. The molecule has 0 fully saturated rings. The Bertz CT molecular complexity index is 503. The van der Waals surface area contributed by atoms with Gasteiger partial charge in [0.05, 0.1) is 6.20 Å². The molecule has 0 spiro atoms. The first-order valence-electron chi connectivity index (χ1n) is 5.38. The van der Waals surface area contributed by atoms with Gasteiger partial charge in [-0.25, -0.2) is 0 Å². The Morgan fingerprint density at radius 3 is 3.12 bits per heavy atom. The van der Waals surface area contributed by atoms with Crippen molar-refractivity contribution in [2.24, 2.45) is 7.05 Å². The third kappa shape index (κ3) is 1.40. The van der Waals surface area contributed by atoms with Crippen LogP contribution in [0.2, 0.25) is 0 Å². The summed E-state index contributed by atoms with van der Waals surface area (Å²) in [4.78, 5) is 8.39. The maximum atomic E-state index is 4.54. The summed E-state index contributed by atoms with van der Waals surface area (Å²) in [6.45, 7) is 1.89. The first-order chi connectivity index (χ1) is 7.86. The first-order valence-corrected chi connectivity index (χ1v) is 5.38. The summed E-state index contributed by atoms with van der Waals surface area (Å²) in [5, 5.41) is 7.90. The van der Waals surface area contributed by atoms with Crippen LogP contribution in [0.3, 0.4) is 0 Å². The molecule has 0 aliphatic carbocycles. The monoisotopic (exact) mass is 215 g/mol. The minimum Gasteiger partial charge on any atom is -0.312 e. The molecule has 0 radical (unpaired) electrons. The predicted octanol–water partition coefficient (Wildman–Crippen LogP) is 0.523. The van der Waals surface area contributed by atoms with Crippen molar-refractivity contribution >= 4 is 0 Å². The Balaban J connectivity index is 2.15. The fourth-order valence-corrected chi connectivity index (χ4v) is 2.15. The number of fused-ring (bicyclic) bond motifs is 1. The molecule has 1 aliphatic heterocycles. The molecule has 3 rings (SSSR count). The maximum absolute atomic E-state index is 4.54. The van der Waals surface area contributed by atoms with Gasteiger partial charge in [0.15, 0.2) is 0 Å². The second-order valence-corrected chi connectivity index (χ2v) is 3.91. The van der Waals surface area contributed by atoms with Gasteiger partial charge in [-0.15, -0.1) is 0 Å². The predicted molar refractivity (Wildman–Crippen MR) is 59.6 cm³/mol. The van der Waals surface area contributed by atoms with Gasteiger partial charge in [0.1, 0.15) is 11.4 Å². The smallest absolute Gasteiger partial charge is 0.117 e. The van der Waals surface area contributed by atoms with E-state index in [-0.39, 0.29) is 0 Å². The van der Waals surface area contributed by atoms with Gasteiger partial charge in [0.25, 0.3) is 0 Å². The Labute approximate surface area is 93.5 Å². The van der Waals surface area contributed by atoms with Gasteiger partial charge in [-0.05, 0) is 0 Å². The number of rotatable bonds is 1. The fraction of sp³-hybridized carbons (Fsp3) is 0.364. The van der Waals surface area contributed by atoms with Gasteiger partial charge in [-0.1, -0.05) is 0 Å². The molecule has 0 unspecified atom stereocenters. The summed E-state index contributed by atoms with van der Waals surface area (Å²) in [5.74, 6) is 0. The molecule has 0 amide bonds. The molecule has 0 atom stereocenters. The number of aromatic nitrogens is 4. The van der Waals surface area contributed by atoms with Crippen LogP contribution in [0.1, 0.15) is 11.3 Å². The summed E-state index contributed by atoms with van der Waals surface area (Å²) >= 11 is 0. The lowest BCUT2D eigenvalue weighted by Crippen LogP contribution is -2.24. The third-order valence-electron chi connectivity index (χ3n) is 2.92. The first kappa shape index (κ1) is 9.47. The zero-order valence-corrected chi connectivity index (χ0v) is 9.14. The molecular formula is C11H13N5. The molecule has 16 heavy (non-hydrogen) atoms. The second kappa shape index (κ2) is 3.68. The lowest BCUT2D eigenvalue weighted by atomic mass is 10.1. The molecule has 1 N–H and O–H groups in total. The molecule has 0 saturated heterocycles. The summed E-state index contributed by atoms with van der Waals surface area (Å²) in [7, 11) is 1.99. The van der Waals surface area contributed by atoms with E-state index in [0.717, 1.165) is 30.9 Å². The van der Waals surface area contributed by atoms with E-state index in [2.05, 4.69) is 20.4 Å². The fourth-order valence-electron chi connectivity index (χ4n) is 2.15. The van der Waals surface area contributed by atoms with Crippen LogP contribution in [0.25, 0.3) is 11.4 Å². The molecule has 2 aromatic heterocycles. The van der Waals surface area contributed by atoms with E-state index >= 15 is 0 Å². The van der Waals surface area contributed by atoms with Gasteiger partial charge in [-0.2, -0.15) is 5.10 Å². The van der Waals surface area contributed by atoms with Crippen LogP contribution in [-0.2, 0) is 20.0 Å². The van der Waals surface area contributed by atoms with Crippen LogP contribution in [0.4, 0.5) is 0 Å². The molecule has 0 aromatic carbocycles. The molecular weight excluding hydrogens is 202 g/mol. The van der Waals surface area contributed by atoms with Crippen molar-refractivity contribution in [1.29, 1.82) is 0 Å². The van der Waals surface area contributed by atoms with Gasteiger partial charge in [0, 0.05) is 50.2 Å². The molecule has 5 nitrogen and oxygen atoms in total. The van der Waals surface area contributed by atoms with Gasteiger partial charge < -0.3 is 5.32 Å². The quantitative estimate of drug-likeness (QED) is 0.753. The van der Waals surface area contributed by atoms with E-state index in [9.17, 15) is 0 Å². The van der Waals surface area contributed by atoms with Crippen molar-refractivity contribution < 1.29 is 0 Å². The van der Waals surface area contributed by atoms with Crippen molar-refractivity contribution in [2.75, 3.05) is 6.54 Å². The van der Waals surface area contributed by atoms with E-state index in [4.69, 9.17) is 0 Å². The SMILES string of the molecule is Cn1nc(-c2cnccn2)c2c1CCNC2. The van der Waals surface area contributed by atoms with E-state index in [1.54, 1.807) is 18.6 Å². The van der Waals surface area contributed by atoms with Crippen LogP contribution in [0, 0.1) is 0 Å². The summed E-state index contributed by atoms with van der Waals surface area (Å²) < 4.78 is 1.96. The highest BCUT2D eigenvalue weighted by Crippen LogP contribution is 2.24. The van der Waals surface area contributed by atoms with E-state index in [0.29, 0.717) is 0 Å². The van der Waals surface area contributed by atoms with Crippen molar-refractivity contribution in [3.8, 4) is 11.4 Å². The van der Waals surface area contributed by atoms with Crippen LogP contribution < -0.4 is 5.32 Å². The van der Waals surface area contributed by atoms with E-state index < -0.39 is 0 Å². The van der Waals surface area contributed by atoms with Crippen LogP contribution in [0.5, 0.6) is 0 Å². The van der Waals surface area contributed by atoms with Crippen molar-refractivity contribution in [2.45, 2.75) is 13.0 Å². The van der Waals surface area contributed by atoms with Crippen LogP contribution in [-0.4, -0.2) is 26.3 Å². The molecule has 1 aliphatic rings. The van der Waals surface area contributed by atoms with Crippen molar-refractivity contribution in [1.82, 2.24) is 25.1 Å². The highest BCUT2D eigenvalue weighted by Gasteiger charge is 2.20. The number of hydrogen-bond acceptors (Lipinski definition) is 4. The van der Waals surface area contributed by atoms with Gasteiger partial charge in [0.2, 0.25) is 0 Å². The normalized spacial score (nSPS) is 14.8. The summed E-state index contributed by atoms with van der Waals surface area (Å²) in [6.07, 6.45) is 6.17. The largest absolute Gasteiger partial charge is 0.312 e. The van der Waals surface area contributed by atoms with E-state index in [1.165, 1.54) is 11.3 Å². The molecule has 0 saturated carbocycles. The minimum absolute atomic E-state index is 0.850. The highest BCUT2D eigenvalue weighted by molar-refractivity contribution is 5.59. The summed E-state index contributed by atoms with van der Waals surface area (Å²) in [5.41, 5.74) is 4.37. The van der Waals surface area contributed by atoms with Crippen LogP contribution in [0.15, 0.2) is 18.6 Å². The Kier molecular flexibility index (Phi) is 2.18. The van der Waals surface area contributed by atoms with Crippen molar-refractivity contribution in [3.63, 3.8) is 0 Å². The standard InChI is InChI=1S/C11H13N5/c1-16-10-2-3-12-6-8(10)11(15-16)9-7-13-4-5-14-9/h4-5,7,12H,2-3,6H2,1H3. The molecule has 3 heterocycles. The van der Waals surface area contributed by atoms with E-state index in [1.807, 2.05) is 11.7 Å². The highest BCUT2D eigenvalue weighted by atomic mass is 15.3. The summed E-state index contributed by atoms with van der Waals surface area (Å²) in [6, 6.07) is 0. The topological polar surface area (TPSA) is 55.6 Å². The van der Waals surface area contributed by atoms with Gasteiger partial charge >= 0.3 is 0 Å². The third-order valence-corrected chi connectivity index (χ3v) is 2.92. The maximum Gasteiger partial charge on any atom is 0.117 e. The lowest BCUT2D eigenvalue weighted by Gasteiger charge is -2.13. The molecule has 5 heteroatoms.